The van der Waals surface area contributed by atoms with Crippen molar-refractivity contribution < 1.29 is 9.47 Å². The number of benzene rings is 2. The van der Waals surface area contributed by atoms with Gasteiger partial charge >= 0.3 is 0 Å². The van der Waals surface area contributed by atoms with Gasteiger partial charge in [-0.2, -0.15) is 0 Å². The molecule has 0 aliphatic carbocycles. The minimum absolute atomic E-state index is 0.551. The first-order chi connectivity index (χ1) is 10.2. The van der Waals surface area contributed by atoms with Crippen LogP contribution in [0.2, 0.25) is 10.0 Å². The van der Waals surface area contributed by atoms with E-state index in [0.29, 0.717) is 34.8 Å². The Balaban J connectivity index is 1.88. The van der Waals surface area contributed by atoms with E-state index in [1.807, 2.05) is 12.1 Å². The Morgan fingerprint density at radius 3 is 2.57 bits per heavy atom. The zero-order valence-electron chi connectivity index (χ0n) is 10.8. The van der Waals surface area contributed by atoms with E-state index in [9.17, 15) is 0 Å². The van der Waals surface area contributed by atoms with Crippen LogP contribution in [0.4, 0.5) is 0 Å². The van der Waals surface area contributed by atoms with Crippen molar-refractivity contribution in [1.29, 1.82) is 0 Å². The number of fused-ring (bicyclic) bond motifs is 2. The van der Waals surface area contributed by atoms with Gasteiger partial charge in [0.2, 0.25) is 0 Å². The maximum Gasteiger partial charge on any atom is 0.163 e. The van der Waals surface area contributed by atoms with Gasteiger partial charge in [0.05, 0.1) is 16.1 Å². The van der Waals surface area contributed by atoms with Gasteiger partial charge < -0.3 is 14.5 Å². The van der Waals surface area contributed by atoms with E-state index in [1.165, 1.54) is 0 Å². The van der Waals surface area contributed by atoms with E-state index in [0.717, 1.165) is 22.3 Å². The lowest BCUT2D eigenvalue weighted by atomic mass is 10.2. The number of ether oxygens (including phenoxy) is 2. The van der Waals surface area contributed by atoms with Crippen molar-refractivity contribution in [2.24, 2.45) is 0 Å². The summed E-state index contributed by atoms with van der Waals surface area (Å²) in [7, 11) is 0. The quantitative estimate of drug-likeness (QED) is 0.726. The van der Waals surface area contributed by atoms with Gasteiger partial charge in [0.25, 0.3) is 0 Å². The second-order valence-corrected chi connectivity index (χ2v) is 5.57. The van der Waals surface area contributed by atoms with Gasteiger partial charge in [0.15, 0.2) is 11.5 Å². The van der Waals surface area contributed by atoms with Crippen LogP contribution in [0.1, 0.15) is 0 Å². The largest absolute Gasteiger partial charge is 0.486 e. The third kappa shape index (κ3) is 2.20. The van der Waals surface area contributed by atoms with Crippen LogP contribution in [0.5, 0.6) is 11.5 Å². The average molecular weight is 321 g/mol. The highest BCUT2D eigenvalue weighted by molar-refractivity contribution is 6.35. The van der Waals surface area contributed by atoms with Gasteiger partial charge in [-0.05, 0) is 18.2 Å². The fourth-order valence-corrected chi connectivity index (χ4v) is 2.73. The Morgan fingerprint density at radius 2 is 1.76 bits per heavy atom. The second kappa shape index (κ2) is 4.83. The molecule has 0 atom stereocenters. The number of hydrogen-bond acceptors (Lipinski definition) is 3. The summed E-state index contributed by atoms with van der Waals surface area (Å²) in [6.07, 6.45) is 0. The number of rotatable bonds is 1. The van der Waals surface area contributed by atoms with E-state index in [-0.39, 0.29) is 0 Å². The van der Waals surface area contributed by atoms with Crippen molar-refractivity contribution in [3.8, 4) is 22.9 Å². The number of halogens is 2. The molecule has 6 heteroatoms. The number of imidazole rings is 1. The van der Waals surface area contributed by atoms with Gasteiger partial charge in [0, 0.05) is 22.7 Å². The highest BCUT2D eigenvalue weighted by atomic mass is 35.5. The molecule has 0 fully saturated rings. The third-order valence-electron chi connectivity index (χ3n) is 3.33. The third-order valence-corrected chi connectivity index (χ3v) is 3.89. The molecule has 1 aromatic heterocycles. The molecule has 1 aliphatic heterocycles. The van der Waals surface area contributed by atoms with E-state index in [2.05, 4.69) is 9.97 Å². The highest BCUT2D eigenvalue weighted by Crippen LogP contribution is 2.36. The predicted octanol–water partition coefficient (Wildman–Crippen LogP) is 4.31. The van der Waals surface area contributed by atoms with Crippen molar-refractivity contribution in [2.75, 3.05) is 13.2 Å². The second-order valence-electron chi connectivity index (χ2n) is 4.72. The Kier molecular flexibility index (Phi) is 2.94. The summed E-state index contributed by atoms with van der Waals surface area (Å²) >= 11 is 12.2. The van der Waals surface area contributed by atoms with Crippen LogP contribution < -0.4 is 9.47 Å². The molecule has 0 amide bonds. The lowest BCUT2D eigenvalue weighted by molar-refractivity contribution is 0.172. The number of aromatic amines is 1. The minimum atomic E-state index is 0.551. The van der Waals surface area contributed by atoms with Crippen LogP contribution in [-0.2, 0) is 0 Å². The number of nitrogens with zero attached hydrogens (tertiary/aromatic N) is 1. The van der Waals surface area contributed by atoms with Gasteiger partial charge in [-0.3, -0.25) is 0 Å². The number of H-pyrrole nitrogens is 1. The molecular formula is C15H10Cl2N2O2. The van der Waals surface area contributed by atoms with Crippen molar-refractivity contribution >= 4 is 34.2 Å². The molecule has 0 bridgehead atoms. The molecule has 0 radical (unpaired) electrons. The van der Waals surface area contributed by atoms with Crippen LogP contribution in [0.15, 0.2) is 30.3 Å². The van der Waals surface area contributed by atoms with E-state index < -0.39 is 0 Å². The predicted molar refractivity (Wildman–Crippen MR) is 82.5 cm³/mol. The summed E-state index contributed by atoms with van der Waals surface area (Å²) in [5.74, 6) is 2.10. The Morgan fingerprint density at radius 1 is 1.00 bits per heavy atom. The standard InChI is InChI=1S/C15H10Cl2N2O2/c16-8-1-2-10(17)9(5-8)15-18-11-6-13-14(7-12(11)19-15)21-4-3-20-13/h1-2,5-7H,3-4H2,(H,18,19). The zero-order chi connectivity index (χ0) is 14.4. The molecule has 2 aromatic carbocycles. The maximum absolute atomic E-state index is 6.22. The van der Waals surface area contributed by atoms with E-state index >= 15 is 0 Å². The zero-order valence-corrected chi connectivity index (χ0v) is 12.3. The minimum Gasteiger partial charge on any atom is -0.486 e. The smallest absolute Gasteiger partial charge is 0.163 e. The molecule has 0 saturated carbocycles. The van der Waals surface area contributed by atoms with Crippen LogP contribution in [0.3, 0.4) is 0 Å². The van der Waals surface area contributed by atoms with Crippen LogP contribution in [0, 0.1) is 0 Å². The number of aromatic nitrogens is 2. The molecule has 4 nitrogen and oxygen atoms in total. The van der Waals surface area contributed by atoms with Crippen LogP contribution in [-0.4, -0.2) is 23.2 Å². The fraction of sp³-hybridized carbons (Fsp3) is 0.133. The molecule has 0 spiro atoms. The monoisotopic (exact) mass is 320 g/mol. The lowest BCUT2D eigenvalue weighted by Crippen LogP contribution is -2.15. The van der Waals surface area contributed by atoms with E-state index in [4.69, 9.17) is 32.7 Å². The molecule has 4 rings (SSSR count). The van der Waals surface area contributed by atoms with Gasteiger partial charge in [0.1, 0.15) is 19.0 Å². The Hall–Kier alpha value is -1.91. The van der Waals surface area contributed by atoms with Gasteiger partial charge in [-0.15, -0.1) is 0 Å². The summed E-state index contributed by atoms with van der Waals surface area (Å²) in [5.41, 5.74) is 2.43. The lowest BCUT2D eigenvalue weighted by Gasteiger charge is -2.17. The Labute approximate surface area is 130 Å². The van der Waals surface area contributed by atoms with Crippen molar-refractivity contribution in [1.82, 2.24) is 9.97 Å². The first-order valence-corrected chi connectivity index (χ1v) is 7.21. The summed E-state index contributed by atoms with van der Waals surface area (Å²) in [5, 5.41) is 1.21. The molecule has 0 saturated heterocycles. The molecule has 0 unspecified atom stereocenters. The van der Waals surface area contributed by atoms with Crippen molar-refractivity contribution in [3.63, 3.8) is 0 Å². The molecule has 1 N–H and O–H groups in total. The molecule has 3 aromatic rings. The van der Waals surface area contributed by atoms with Gasteiger partial charge in [-0.25, -0.2) is 4.98 Å². The van der Waals surface area contributed by atoms with Gasteiger partial charge in [-0.1, -0.05) is 23.2 Å². The van der Waals surface area contributed by atoms with Crippen LogP contribution >= 0.6 is 23.2 Å². The number of hydrogen-bond donors (Lipinski definition) is 1. The first-order valence-electron chi connectivity index (χ1n) is 6.45. The first kappa shape index (κ1) is 12.8. The molecular weight excluding hydrogens is 311 g/mol. The molecule has 21 heavy (non-hydrogen) atoms. The topological polar surface area (TPSA) is 47.1 Å². The highest BCUT2D eigenvalue weighted by Gasteiger charge is 2.16. The Bertz CT molecular complexity index is 802. The van der Waals surface area contributed by atoms with E-state index in [1.54, 1.807) is 18.2 Å². The molecule has 2 heterocycles. The molecule has 1 aliphatic rings. The van der Waals surface area contributed by atoms with Crippen molar-refractivity contribution in [3.05, 3.63) is 40.4 Å². The van der Waals surface area contributed by atoms with Crippen molar-refractivity contribution in [2.45, 2.75) is 0 Å². The summed E-state index contributed by atoms with van der Waals surface area (Å²) in [6, 6.07) is 9.04. The average Bonchev–Trinajstić information content (AvgIpc) is 2.89. The molecule has 106 valence electrons. The number of nitrogens with one attached hydrogen (secondary N) is 1. The SMILES string of the molecule is Clc1ccc(Cl)c(-c2nc3cc4c(cc3[nH]2)OCCO4)c1. The maximum atomic E-state index is 6.22. The fourth-order valence-electron chi connectivity index (χ4n) is 2.35. The normalized spacial score (nSPS) is 13.6. The summed E-state index contributed by atoms with van der Waals surface area (Å²) < 4.78 is 11.1. The van der Waals surface area contributed by atoms with Crippen LogP contribution in [0.25, 0.3) is 22.4 Å². The summed E-state index contributed by atoms with van der Waals surface area (Å²) in [6.45, 7) is 1.11. The summed E-state index contributed by atoms with van der Waals surface area (Å²) in [4.78, 5) is 7.80.